The van der Waals surface area contributed by atoms with Crippen molar-refractivity contribution in [1.82, 2.24) is 4.90 Å². The molecule has 0 bridgehead atoms. The van der Waals surface area contributed by atoms with Gasteiger partial charge in [-0.2, -0.15) is 0 Å². The van der Waals surface area contributed by atoms with Crippen molar-refractivity contribution in [1.29, 1.82) is 0 Å². The van der Waals surface area contributed by atoms with Crippen molar-refractivity contribution in [2.24, 2.45) is 5.73 Å². The minimum absolute atomic E-state index is 0.138. The third kappa shape index (κ3) is 3.77. The van der Waals surface area contributed by atoms with Crippen LogP contribution in [0.5, 0.6) is 0 Å². The van der Waals surface area contributed by atoms with Gasteiger partial charge in [0.1, 0.15) is 5.82 Å². The van der Waals surface area contributed by atoms with Crippen molar-refractivity contribution in [3.63, 3.8) is 0 Å². The maximum atomic E-state index is 13.9. The lowest BCUT2D eigenvalue weighted by molar-refractivity contribution is 0.162. The Morgan fingerprint density at radius 3 is 2.56 bits per heavy atom. The van der Waals surface area contributed by atoms with Crippen LogP contribution in [0.3, 0.4) is 0 Å². The summed E-state index contributed by atoms with van der Waals surface area (Å²) in [7, 11) is 0. The maximum absolute atomic E-state index is 13.9. The van der Waals surface area contributed by atoms with Crippen LogP contribution < -0.4 is 5.73 Å². The summed E-state index contributed by atoms with van der Waals surface area (Å²) in [5.41, 5.74) is 6.65. The van der Waals surface area contributed by atoms with Crippen molar-refractivity contribution in [3.8, 4) is 0 Å². The van der Waals surface area contributed by atoms with Crippen LogP contribution in [-0.4, -0.2) is 35.7 Å². The second-order valence-corrected chi connectivity index (χ2v) is 4.53. The van der Waals surface area contributed by atoms with E-state index in [1.807, 2.05) is 19.9 Å². The summed E-state index contributed by atoms with van der Waals surface area (Å²) in [6.45, 7) is 5.54. The molecule has 0 radical (unpaired) electrons. The highest BCUT2D eigenvalue weighted by atomic mass is 19.1. The van der Waals surface area contributed by atoms with Gasteiger partial charge in [-0.15, -0.1) is 0 Å². The molecule has 0 saturated carbocycles. The molecule has 0 aliphatic carbocycles. The van der Waals surface area contributed by atoms with Crippen LogP contribution in [0, 0.1) is 5.82 Å². The molecule has 1 aromatic carbocycles. The average molecular weight is 254 g/mol. The number of hydrogen-bond acceptors (Lipinski definition) is 3. The molecule has 0 amide bonds. The van der Waals surface area contributed by atoms with Gasteiger partial charge in [0.2, 0.25) is 0 Å². The van der Waals surface area contributed by atoms with Gasteiger partial charge in [-0.1, -0.05) is 25.1 Å². The van der Waals surface area contributed by atoms with E-state index in [4.69, 9.17) is 10.8 Å². The number of nitrogens with two attached hydrogens (primary N) is 1. The van der Waals surface area contributed by atoms with Crippen molar-refractivity contribution < 1.29 is 9.50 Å². The van der Waals surface area contributed by atoms with Gasteiger partial charge in [0.05, 0.1) is 6.04 Å². The molecule has 0 spiro atoms. The molecule has 3 N–H and O–H groups in total. The van der Waals surface area contributed by atoms with Crippen molar-refractivity contribution in [2.45, 2.75) is 32.4 Å². The fraction of sp³-hybridized carbons (Fsp3) is 0.571. The van der Waals surface area contributed by atoms with Gasteiger partial charge in [0.15, 0.2) is 0 Å². The zero-order valence-corrected chi connectivity index (χ0v) is 11.1. The van der Waals surface area contributed by atoms with Gasteiger partial charge < -0.3 is 10.8 Å². The highest BCUT2D eigenvalue weighted by molar-refractivity contribution is 5.22. The SMILES string of the molecule is CCN(CCCO)C(c1ccccc1F)C(C)N. The first-order valence-electron chi connectivity index (χ1n) is 6.46. The second-order valence-electron chi connectivity index (χ2n) is 4.53. The summed E-state index contributed by atoms with van der Waals surface area (Å²) in [5, 5.41) is 8.92. The highest BCUT2D eigenvalue weighted by Gasteiger charge is 2.24. The predicted molar refractivity (Wildman–Crippen MR) is 71.7 cm³/mol. The van der Waals surface area contributed by atoms with E-state index in [-0.39, 0.29) is 24.5 Å². The Morgan fingerprint density at radius 2 is 2.06 bits per heavy atom. The van der Waals surface area contributed by atoms with E-state index >= 15 is 0 Å². The summed E-state index contributed by atoms with van der Waals surface area (Å²) in [6.07, 6.45) is 0.672. The first kappa shape index (κ1) is 15.1. The molecule has 1 aromatic rings. The molecule has 0 fully saturated rings. The topological polar surface area (TPSA) is 49.5 Å². The number of nitrogens with zero attached hydrogens (tertiary/aromatic N) is 1. The first-order chi connectivity index (χ1) is 8.61. The molecular weight excluding hydrogens is 231 g/mol. The molecule has 0 saturated heterocycles. The number of aliphatic hydroxyl groups is 1. The van der Waals surface area contributed by atoms with E-state index < -0.39 is 0 Å². The zero-order valence-electron chi connectivity index (χ0n) is 11.1. The highest BCUT2D eigenvalue weighted by Crippen LogP contribution is 2.25. The molecule has 2 unspecified atom stereocenters. The lowest BCUT2D eigenvalue weighted by Gasteiger charge is -2.34. The van der Waals surface area contributed by atoms with E-state index in [2.05, 4.69) is 4.90 Å². The monoisotopic (exact) mass is 254 g/mol. The molecule has 0 aliphatic rings. The summed E-state index contributed by atoms with van der Waals surface area (Å²) in [6, 6.07) is 6.44. The molecule has 102 valence electrons. The van der Waals surface area contributed by atoms with Gasteiger partial charge in [0, 0.05) is 24.8 Å². The fourth-order valence-electron chi connectivity index (χ4n) is 2.30. The van der Waals surface area contributed by atoms with Gasteiger partial charge in [-0.3, -0.25) is 4.90 Å². The number of rotatable bonds is 7. The Kier molecular flexibility index (Phi) is 6.25. The molecule has 0 aliphatic heterocycles. The molecule has 18 heavy (non-hydrogen) atoms. The van der Waals surface area contributed by atoms with E-state index in [0.29, 0.717) is 18.5 Å². The second kappa shape index (κ2) is 7.46. The van der Waals surface area contributed by atoms with Crippen molar-refractivity contribution >= 4 is 0 Å². The third-order valence-corrected chi connectivity index (χ3v) is 3.12. The van der Waals surface area contributed by atoms with Gasteiger partial charge in [0.25, 0.3) is 0 Å². The third-order valence-electron chi connectivity index (χ3n) is 3.12. The van der Waals surface area contributed by atoms with Gasteiger partial charge in [-0.05, 0) is 26.0 Å². The molecule has 1 rings (SSSR count). The Bertz CT molecular complexity index is 357. The van der Waals surface area contributed by atoms with E-state index in [0.717, 1.165) is 6.54 Å². The van der Waals surface area contributed by atoms with E-state index in [1.165, 1.54) is 6.07 Å². The van der Waals surface area contributed by atoms with Crippen LogP contribution in [-0.2, 0) is 0 Å². The van der Waals surface area contributed by atoms with Gasteiger partial charge >= 0.3 is 0 Å². The van der Waals surface area contributed by atoms with E-state index in [9.17, 15) is 4.39 Å². The lowest BCUT2D eigenvalue weighted by Crippen LogP contribution is -2.40. The van der Waals surface area contributed by atoms with Crippen LogP contribution in [0.1, 0.15) is 31.9 Å². The minimum Gasteiger partial charge on any atom is -0.396 e. The molecule has 3 nitrogen and oxygen atoms in total. The van der Waals surface area contributed by atoms with Crippen LogP contribution in [0.25, 0.3) is 0 Å². The summed E-state index contributed by atoms with van der Waals surface area (Å²) >= 11 is 0. The fourth-order valence-corrected chi connectivity index (χ4v) is 2.30. The normalized spacial score (nSPS) is 14.8. The zero-order chi connectivity index (χ0) is 13.5. The number of benzene rings is 1. The Labute approximate surface area is 108 Å². The van der Waals surface area contributed by atoms with Crippen LogP contribution in [0.15, 0.2) is 24.3 Å². The van der Waals surface area contributed by atoms with E-state index in [1.54, 1.807) is 12.1 Å². The average Bonchev–Trinajstić information content (AvgIpc) is 2.35. The minimum atomic E-state index is -0.220. The number of aliphatic hydroxyl groups excluding tert-OH is 1. The van der Waals surface area contributed by atoms with Crippen molar-refractivity contribution in [3.05, 3.63) is 35.6 Å². The smallest absolute Gasteiger partial charge is 0.128 e. The lowest BCUT2D eigenvalue weighted by atomic mass is 9.98. The Morgan fingerprint density at radius 1 is 1.39 bits per heavy atom. The summed E-state index contributed by atoms with van der Waals surface area (Å²) in [4.78, 5) is 2.11. The van der Waals surface area contributed by atoms with Crippen LogP contribution >= 0.6 is 0 Å². The largest absolute Gasteiger partial charge is 0.396 e. The molecule has 0 heterocycles. The summed E-state index contributed by atoms with van der Waals surface area (Å²) < 4.78 is 13.9. The number of hydrogen-bond donors (Lipinski definition) is 2. The van der Waals surface area contributed by atoms with Crippen molar-refractivity contribution in [2.75, 3.05) is 19.7 Å². The molecular formula is C14H23FN2O. The van der Waals surface area contributed by atoms with Crippen LogP contribution in [0.2, 0.25) is 0 Å². The maximum Gasteiger partial charge on any atom is 0.128 e. The van der Waals surface area contributed by atoms with Gasteiger partial charge in [-0.25, -0.2) is 4.39 Å². The molecule has 4 heteroatoms. The number of likely N-dealkylation sites (N-methyl/N-ethyl adjacent to an activating group) is 1. The Balaban J connectivity index is 2.97. The molecule has 0 aromatic heterocycles. The molecule has 2 atom stereocenters. The quantitative estimate of drug-likeness (QED) is 0.781. The van der Waals surface area contributed by atoms with Crippen LogP contribution in [0.4, 0.5) is 4.39 Å². The summed E-state index contributed by atoms with van der Waals surface area (Å²) in [5.74, 6) is -0.220. The first-order valence-corrected chi connectivity index (χ1v) is 6.46. The number of halogens is 1. The Hall–Kier alpha value is -0.970. The standard InChI is InChI=1S/C14H23FN2O/c1-3-17(9-6-10-18)14(11(2)16)12-7-4-5-8-13(12)15/h4-5,7-8,11,14,18H,3,6,9-10,16H2,1-2H3. The predicted octanol–water partition coefficient (Wildman–Crippen LogP) is 1.92.